The van der Waals surface area contributed by atoms with Gasteiger partial charge in [-0.05, 0) is 16.7 Å². The summed E-state index contributed by atoms with van der Waals surface area (Å²) >= 11 is 3.23. The fourth-order valence-corrected chi connectivity index (χ4v) is 4.63. The summed E-state index contributed by atoms with van der Waals surface area (Å²) in [5.41, 5.74) is 11.0. The van der Waals surface area contributed by atoms with Gasteiger partial charge in [-0.25, -0.2) is 0 Å². The van der Waals surface area contributed by atoms with E-state index in [2.05, 4.69) is 34.3 Å². The van der Waals surface area contributed by atoms with Crippen molar-refractivity contribution >= 4 is 33.3 Å². The third kappa shape index (κ3) is 2.70. The van der Waals surface area contributed by atoms with Crippen LogP contribution in [0.4, 0.5) is 0 Å². The third-order valence-corrected chi connectivity index (χ3v) is 5.51. The van der Waals surface area contributed by atoms with E-state index in [1.807, 2.05) is 36.4 Å². The molecule has 2 aromatic carbocycles. The Bertz CT molecular complexity index is 625. The predicted molar refractivity (Wildman–Crippen MR) is 87.8 cm³/mol. The summed E-state index contributed by atoms with van der Waals surface area (Å²) in [6.45, 7) is 0. The molecule has 0 N–H and O–H groups in total. The molecule has 0 unspecified atom stereocenters. The topological polar surface area (TPSA) is 48.8 Å². The normalized spacial score (nSPS) is 15.2. The van der Waals surface area contributed by atoms with Crippen molar-refractivity contribution in [3.8, 4) is 0 Å². The van der Waals surface area contributed by atoms with Crippen LogP contribution in [0.25, 0.3) is 20.3 Å². The predicted octanol–water partition coefficient (Wildman–Crippen LogP) is 5.59. The molecule has 0 atom stereocenters. The van der Waals surface area contributed by atoms with Crippen LogP contribution in [0.3, 0.4) is 0 Å². The Labute approximate surface area is 125 Å². The van der Waals surface area contributed by atoms with Gasteiger partial charge in [0.2, 0.25) is 0 Å². The highest BCUT2D eigenvalue weighted by Gasteiger charge is 2.26. The van der Waals surface area contributed by atoms with Gasteiger partial charge in [-0.1, -0.05) is 65.8 Å². The number of hydrogen-bond acceptors (Lipinski definition) is 3. The van der Waals surface area contributed by atoms with Crippen molar-refractivity contribution in [2.45, 2.75) is 4.71 Å². The summed E-state index contributed by atoms with van der Waals surface area (Å²) in [4.78, 5) is 5.29. The van der Waals surface area contributed by atoms with E-state index in [9.17, 15) is 0 Å². The lowest BCUT2D eigenvalue weighted by molar-refractivity contribution is 1.27. The third-order valence-electron chi connectivity index (χ3n) is 2.86. The van der Waals surface area contributed by atoms with Crippen LogP contribution in [0.5, 0.6) is 0 Å². The first-order valence-electron chi connectivity index (χ1n) is 6.11. The van der Waals surface area contributed by atoms with E-state index in [1.165, 1.54) is 20.9 Å². The van der Waals surface area contributed by atoms with Crippen molar-refractivity contribution < 1.29 is 0 Å². The van der Waals surface area contributed by atoms with Gasteiger partial charge in [0.05, 0.1) is 0 Å². The minimum absolute atomic E-state index is 0.134. The van der Waals surface area contributed by atoms with Crippen LogP contribution in [-0.4, -0.2) is 4.71 Å². The van der Waals surface area contributed by atoms with Crippen molar-refractivity contribution in [3.63, 3.8) is 0 Å². The molecule has 2 aromatic rings. The quantitative estimate of drug-likeness (QED) is 0.421. The van der Waals surface area contributed by atoms with Gasteiger partial charge in [-0.2, -0.15) is 0 Å². The molecule has 0 saturated heterocycles. The van der Waals surface area contributed by atoms with Gasteiger partial charge < -0.3 is 0 Å². The fraction of sp³-hybridized carbons (Fsp3) is 0.0667. The van der Waals surface area contributed by atoms with Crippen LogP contribution in [0.1, 0.15) is 11.1 Å². The Kier molecular flexibility index (Phi) is 4.02. The second-order valence-electron chi connectivity index (χ2n) is 4.14. The fourth-order valence-electron chi connectivity index (χ4n) is 2.00. The molecule has 0 amide bonds. The molecule has 0 saturated carbocycles. The molecule has 3 nitrogen and oxygen atoms in total. The van der Waals surface area contributed by atoms with E-state index >= 15 is 0 Å². The van der Waals surface area contributed by atoms with E-state index in [4.69, 9.17) is 5.53 Å². The number of rotatable bonds is 3. The molecule has 0 aromatic heterocycles. The van der Waals surface area contributed by atoms with Crippen LogP contribution in [0.15, 0.2) is 65.8 Å². The van der Waals surface area contributed by atoms with E-state index in [-0.39, 0.29) is 4.71 Å². The number of azide groups is 1. The average molecular weight is 297 g/mol. The minimum Gasteiger partial charge on any atom is -0.103 e. The maximum absolute atomic E-state index is 8.65. The van der Waals surface area contributed by atoms with Gasteiger partial charge in [0, 0.05) is 14.7 Å². The van der Waals surface area contributed by atoms with Crippen LogP contribution in [0, 0.1) is 0 Å². The summed E-state index contributed by atoms with van der Waals surface area (Å²) in [7, 11) is 0. The van der Waals surface area contributed by atoms with Crippen molar-refractivity contribution in [2.24, 2.45) is 5.11 Å². The zero-order valence-corrected chi connectivity index (χ0v) is 12.1. The highest BCUT2D eigenvalue weighted by atomic mass is 32.2. The van der Waals surface area contributed by atoms with Crippen molar-refractivity contribution in [2.75, 3.05) is 0 Å². The van der Waals surface area contributed by atoms with E-state index < -0.39 is 0 Å². The Morgan fingerprint density at radius 2 is 1.25 bits per heavy atom. The smallest absolute Gasteiger partial charge is 0.103 e. The molecule has 0 fully saturated rings. The highest BCUT2D eigenvalue weighted by Crippen LogP contribution is 2.55. The van der Waals surface area contributed by atoms with Gasteiger partial charge in [0.15, 0.2) is 0 Å². The standard InChI is InChI=1S/C15H11N3S2/c16-18-17-15-19-13(11-7-3-1-4-8-11)14(20-15)12-9-5-2-6-10-12/h1-10,15H. The monoisotopic (exact) mass is 297 g/mol. The van der Waals surface area contributed by atoms with Gasteiger partial charge in [-0.15, -0.1) is 23.5 Å². The molecule has 5 heteroatoms. The molecule has 0 bridgehead atoms. The zero-order chi connectivity index (χ0) is 13.8. The molecule has 1 aliphatic rings. The molecule has 0 aliphatic carbocycles. The Balaban J connectivity index is 2.06. The zero-order valence-electron chi connectivity index (χ0n) is 10.5. The molecular weight excluding hydrogens is 286 g/mol. The number of nitrogens with zero attached hydrogens (tertiary/aromatic N) is 3. The first-order chi connectivity index (χ1) is 9.88. The molecule has 3 rings (SSSR count). The molecule has 1 aliphatic heterocycles. The van der Waals surface area contributed by atoms with Crippen molar-refractivity contribution in [1.29, 1.82) is 0 Å². The summed E-state index contributed by atoms with van der Waals surface area (Å²) in [6.07, 6.45) is 0. The number of hydrogen-bond donors (Lipinski definition) is 0. The maximum atomic E-state index is 8.65. The Morgan fingerprint density at radius 3 is 1.65 bits per heavy atom. The van der Waals surface area contributed by atoms with Gasteiger partial charge in [0.1, 0.15) is 4.71 Å². The molecule has 0 spiro atoms. The Morgan fingerprint density at radius 1 is 0.800 bits per heavy atom. The molecule has 1 heterocycles. The first kappa shape index (κ1) is 13.2. The van der Waals surface area contributed by atoms with Crippen LogP contribution in [0.2, 0.25) is 0 Å². The van der Waals surface area contributed by atoms with Crippen LogP contribution < -0.4 is 0 Å². The summed E-state index contributed by atoms with van der Waals surface area (Å²) in [6, 6.07) is 20.5. The second-order valence-corrected chi connectivity index (χ2v) is 6.62. The summed E-state index contributed by atoms with van der Waals surface area (Å²) in [5, 5.41) is 3.84. The minimum atomic E-state index is -0.134. The lowest BCUT2D eigenvalue weighted by atomic mass is 10.1. The maximum Gasteiger partial charge on any atom is 0.138 e. The highest BCUT2D eigenvalue weighted by molar-refractivity contribution is 8.29. The molecule has 20 heavy (non-hydrogen) atoms. The molecular formula is C15H11N3S2. The van der Waals surface area contributed by atoms with Gasteiger partial charge in [-0.3, -0.25) is 0 Å². The SMILES string of the molecule is [N-]=[N+]=NC1SC(c2ccccc2)=C(c2ccccc2)S1. The number of thioether (sulfide) groups is 2. The van der Waals surface area contributed by atoms with Crippen molar-refractivity contribution in [1.82, 2.24) is 0 Å². The second kappa shape index (κ2) is 6.09. The molecule has 98 valence electrons. The van der Waals surface area contributed by atoms with Crippen molar-refractivity contribution in [3.05, 3.63) is 82.2 Å². The van der Waals surface area contributed by atoms with Crippen LogP contribution in [-0.2, 0) is 0 Å². The lowest BCUT2D eigenvalue weighted by Gasteiger charge is -2.05. The number of benzene rings is 2. The first-order valence-corrected chi connectivity index (χ1v) is 7.87. The van der Waals surface area contributed by atoms with Gasteiger partial charge in [0.25, 0.3) is 0 Å². The van der Waals surface area contributed by atoms with Crippen LogP contribution >= 0.6 is 23.5 Å². The van der Waals surface area contributed by atoms with E-state index in [0.29, 0.717) is 0 Å². The van der Waals surface area contributed by atoms with Gasteiger partial charge >= 0.3 is 0 Å². The summed E-state index contributed by atoms with van der Waals surface area (Å²) in [5.74, 6) is 0. The lowest BCUT2D eigenvalue weighted by Crippen LogP contribution is -1.82. The summed E-state index contributed by atoms with van der Waals surface area (Å²) < 4.78 is -0.134. The average Bonchev–Trinajstić information content (AvgIpc) is 2.93. The Hall–Kier alpha value is -1.81. The molecule has 0 radical (unpaired) electrons. The largest absolute Gasteiger partial charge is 0.138 e. The van der Waals surface area contributed by atoms with E-state index in [0.717, 1.165) is 0 Å². The van der Waals surface area contributed by atoms with E-state index in [1.54, 1.807) is 23.5 Å².